The van der Waals surface area contributed by atoms with E-state index in [4.69, 9.17) is 0 Å². The Hall–Kier alpha value is -3.31. The first-order valence-corrected chi connectivity index (χ1v) is 9.19. The van der Waals surface area contributed by atoms with Gasteiger partial charge in [-0.05, 0) is 53.6 Å². The maximum Gasteiger partial charge on any atom is 0.256 e. The van der Waals surface area contributed by atoms with Crippen LogP contribution in [-0.4, -0.2) is 10.9 Å². The van der Waals surface area contributed by atoms with Crippen LogP contribution < -0.4 is 5.32 Å². The van der Waals surface area contributed by atoms with Gasteiger partial charge in [-0.1, -0.05) is 30.3 Å². The van der Waals surface area contributed by atoms with Crippen molar-refractivity contribution in [2.24, 2.45) is 0 Å². The number of pyridine rings is 1. The van der Waals surface area contributed by atoms with E-state index < -0.39 is 0 Å². The topological polar surface area (TPSA) is 42.0 Å². The SMILES string of the molecule is O=C(Nc1cc(-c2ccncc2)c(-c2ccc(F)cc2)s1)c1ccccc1. The van der Waals surface area contributed by atoms with E-state index in [2.05, 4.69) is 10.3 Å². The molecule has 0 atom stereocenters. The van der Waals surface area contributed by atoms with Gasteiger partial charge in [0.05, 0.1) is 5.00 Å². The molecule has 0 aliphatic heterocycles. The highest BCUT2D eigenvalue weighted by Gasteiger charge is 2.15. The molecule has 5 heteroatoms. The lowest BCUT2D eigenvalue weighted by Crippen LogP contribution is -2.10. The Bertz CT molecular complexity index is 1060. The van der Waals surface area contributed by atoms with Crippen LogP contribution in [0.15, 0.2) is 85.2 Å². The molecule has 1 N–H and O–H groups in total. The van der Waals surface area contributed by atoms with Crippen LogP contribution in [0.1, 0.15) is 10.4 Å². The molecule has 4 rings (SSSR count). The molecular formula is C22H15FN2OS. The number of hydrogen-bond donors (Lipinski definition) is 1. The number of aromatic nitrogens is 1. The summed E-state index contributed by atoms with van der Waals surface area (Å²) in [4.78, 5) is 17.5. The summed E-state index contributed by atoms with van der Waals surface area (Å²) in [6.07, 6.45) is 3.45. The zero-order valence-electron chi connectivity index (χ0n) is 14.2. The number of thiophene rings is 1. The van der Waals surface area contributed by atoms with Crippen molar-refractivity contribution in [2.45, 2.75) is 0 Å². The van der Waals surface area contributed by atoms with Crippen LogP contribution in [0.25, 0.3) is 21.6 Å². The number of hydrogen-bond acceptors (Lipinski definition) is 3. The monoisotopic (exact) mass is 374 g/mol. The second-order valence-electron chi connectivity index (χ2n) is 5.92. The molecule has 4 aromatic rings. The highest BCUT2D eigenvalue weighted by Crippen LogP contribution is 2.41. The van der Waals surface area contributed by atoms with Gasteiger partial charge >= 0.3 is 0 Å². The summed E-state index contributed by atoms with van der Waals surface area (Å²) in [6, 6.07) is 21.2. The van der Waals surface area contributed by atoms with E-state index in [9.17, 15) is 9.18 Å². The van der Waals surface area contributed by atoms with Crippen molar-refractivity contribution >= 4 is 22.2 Å². The van der Waals surface area contributed by atoms with Crippen LogP contribution in [0.3, 0.4) is 0 Å². The van der Waals surface area contributed by atoms with Crippen molar-refractivity contribution in [1.82, 2.24) is 4.98 Å². The van der Waals surface area contributed by atoms with Crippen LogP contribution >= 0.6 is 11.3 Å². The molecule has 132 valence electrons. The number of halogens is 1. The highest BCUT2D eigenvalue weighted by atomic mass is 32.1. The molecule has 3 nitrogen and oxygen atoms in total. The van der Waals surface area contributed by atoms with Gasteiger partial charge in [-0.15, -0.1) is 11.3 Å². The fraction of sp³-hybridized carbons (Fsp3) is 0. The molecule has 0 bridgehead atoms. The molecule has 27 heavy (non-hydrogen) atoms. The van der Waals surface area contributed by atoms with Gasteiger partial charge in [0.15, 0.2) is 0 Å². The Morgan fingerprint density at radius 3 is 2.30 bits per heavy atom. The minimum Gasteiger partial charge on any atom is -0.314 e. The minimum absolute atomic E-state index is 0.163. The third-order valence-corrected chi connectivity index (χ3v) is 5.20. The van der Waals surface area contributed by atoms with Gasteiger partial charge < -0.3 is 5.32 Å². The van der Waals surface area contributed by atoms with Crippen LogP contribution in [0.2, 0.25) is 0 Å². The van der Waals surface area contributed by atoms with E-state index in [0.29, 0.717) is 5.56 Å². The smallest absolute Gasteiger partial charge is 0.256 e. The number of nitrogens with zero attached hydrogens (tertiary/aromatic N) is 1. The first-order valence-electron chi connectivity index (χ1n) is 8.37. The van der Waals surface area contributed by atoms with Crippen molar-refractivity contribution in [2.75, 3.05) is 5.32 Å². The molecule has 2 heterocycles. The Morgan fingerprint density at radius 2 is 1.59 bits per heavy atom. The number of carbonyl (C=O) groups excluding carboxylic acids is 1. The van der Waals surface area contributed by atoms with Crippen molar-refractivity contribution in [3.63, 3.8) is 0 Å². The number of nitrogens with one attached hydrogen (secondary N) is 1. The lowest BCUT2D eigenvalue weighted by molar-refractivity contribution is 0.102. The van der Waals surface area contributed by atoms with Gasteiger partial charge in [0.1, 0.15) is 5.82 Å². The predicted octanol–water partition coefficient (Wildman–Crippen LogP) is 5.87. The molecule has 0 unspecified atom stereocenters. The van der Waals surface area contributed by atoms with Gasteiger partial charge in [-0.3, -0.25) is 9.78 Å². The molecule has 2 aromatic heterocycles. The molecule has 0 saturated carbocycles. The highest BCUT2D eigenvalue weighted by molar-refractivity contribution is 7.20. The van der Waals surface area contributed by atoms with E-state index in [-0.39, 0.29) is 11.7 Å². The molecule has 2 aromatic carbocycles. The van der Waals surface area contributed by atoms with E-state index in [1.54, 1.807) is 36.7 Å². The number of rotatable bonds is 4. The largest absolute Gasteiger partial charge is 0.314 e. The zero-order valence-corrected chi connectivity index (χ0v) is 15.0. The van der Waals surface area contributed by atoms with Gasteiger partial charge in [0.2, 0.25) is 0 Å². The summed E-state index contributed by atoms with van der Waals surface area (Å²) in [5.41, 5.74) is 3.45. The maximum absolute atomic E-state index is 13.3. The van der Waals surface area contributed by atoms with Gasteiger partial charge in [-0.25, -0.2) is 4.39 Å². The lowest BCUT2D eigenvalue weighted by atomic mass is 10.0. The van der Waals surface area contributed by atoms with Gasteiger partial charge in [0.25, 0.3) is 5.91 Å². The number of anilines is 1. The number of benzene rings is 2. The molecule has 0 saturated heterocycles. The average Bonchev–Trinajstić information content (AvgIpc) is 3.13. The van der Waals surface area contributed by atoms with Crippen LogP contribution in [0, 0.1) is 5.82 Å². The molecule has 1 amide bonds. The van der Waals surface area contributed by atoms with Crippen molar-refractivity contribution in [1.29, 1.82) is 0 Å². The van der Waals surface area contributed by atoms with E-state index >= 15 is 0 Å². The number of amides is 1. The van der Waals surface area contributed by atoms with Gasteiger partial charge in [0, 0.05) is 28.4 Å². The molecule has 0 spiro atoms. The third kappa shape index (κ3) is 3.78. The second kappa shape index (κ2) is 7.51. The molecular weight excluding hydrogens is 359 g/mol. The van der Waals surface area contributed by atoms with E-state index in [1.165, 1.54) is 23.5 Å². The molecule has 0 aliphatic rings. The molecule has 0 aliphatic carbocycles. The fourth-order valence-electron chi connectivity index (χ4n) is 2.79. The Kier molecular flexibility index (Phi) is 4.77. The Labute approximate surface area is 160 Å². The summed E-state index contributed by atoms with van der Waals surface area (Å²) in [5.74, 6) is -0.442. The van der Waals surface area contributed by atoms with Crippen LogP contribution in [0.5, 0.6) is 0 Å². The summed E-state index contributed by atoms with van der Waals surface area (Å²) < 4.78 is 13.3. The van der Waals surface area contributed by atoms with Gasteiger partial charge in [-0.2, -0.15) is 0 Å². The van der Waals surface area contributed by atoms with Crippen molar-refractivity contribution < 1.29 is 9.18 Å². The minimum atomic E-state index is -0.279. The first-order chi connectivity index (χ1) is 13.2. The predicted molar refractivity (Wildman–Crippen MR) is 107 cm³/mol. The number of carbonyl (C=O) groups is 1. The fourth-order valence-corrected chi connectivity index (χ4v) is 3.87. The summed E-state index contributed by atoms with van der Waals surface area (Å²) in [7, 11) is 0. The quantitative estimate of drug-likeness (QED) is 0.485. The summed E-state index contributed by atoms with van der Waals surface area (Å²) in [5, 5.41) is 3.69. The van der Waals surface area contributed by atoms with E-state index in [0.717, 1.165) is 26.6 Å². The summed E-state index contributed by atoms with van der Waals surface area (Å²) >= 11 is 1.46. The first kappa shape index (κ1) is 17.1. The van der Waals surface area contributed by atoms with Crippen LogP contribution in [-0.2, 0) is 0 Å². The normalized spacial score (nSPS) is 10.6. The molecule has 0 fully saturated rings. The standard InChI is InChI=1S/C22H15FN2OS/c23-18-8-6-16(7-9-18)21-19(15-10-12-24-13-11-15)14-20(27-21)25-22(26)17-4-2-1-3-5-17/h1-14H,(H,25,26). The van der Waals surface area contributed by atoms with E-state index in [1.807, 2.05) is 36.4 Å². The lowest BCUT2D eigenvalue weighted by Gasteiger charge is -2.03. The zero-order chi connectivity index (χ0) is 18.6. The average molecular weight is 374 g/mol. The summed E-state index contributed by atoms with van der Waals surface area (Å²) in [6.45, 7) is 0. The Balaban J connectivity index is 1.74. The van der Waals surface area contributed by atoms with Crippen molar-refractivity contribution in [3.8, 4) is 21.6 Å². The third-order valence-electron chi connectivity index (χ3n) is 4.10. The van der Waals surface area contributed by atoms with Crippen LogP contribution in [0.4, 0.5) is 9.39 Å². The molecule has 0 radical (unpaired) electrons. The van der Waals surface area contributed by atoms with Crippen molar-refractivity contribution in [3.05, 3.63) is 96.6 Å². The Morgan fingerprint density at radius 1 is 0.889 bits per heavy atom. The maximum atomic E-state index is 13.3. The second-order valence-corrected chi connectivity index (χ2v) is 6.97.